The van der Waals surface area contributed by atoms with E-state index >= 15 is 0 Å². The van der Waals surface area contributed by atoms with Gasteiger partial charge in [-0.15, -0.1) is 0 Å². The number of benzene rings is 1. The zero-order chi connectivity index (χ0) is 30.1. The lowest BCUT2D eigenvalue weighted by molar-refractivity contribution is -0.142. The summed E-state index contributed by atoms with van der Waals surface area (Å²) in [7, 11) is 0. The van der Waals surface area contributed by atoms with Crippen LogP contribution in [0.3, 0.4) is 0 Å². The van der Waals surface area contributed by atoms with Crippen molar-refractivity contribution in [3.05, 3.63) is 54.2 Å². The number of aliphatic carboxylic acids is 1. The molecule has 2 aromatic heterocycles. The van der Waals surface area contributed by atoms with Crippen LogP contribution in [-0.4, -0.2) is 67.9 Å². The third-order valence-electron chi connectivity index (χ3n) is 7.68. The van der Waals surface area contributed by atoms with Gasteiger partial charge in [0, 0.05) is 41.8 Å². The topological polar surface area (TPSA) is 195 Å². The van der Waals surface area contributed by atoms with Gasteiger partial charge in [0.1, 0.15) is 18.1 Å². The molecule has 0 fully saturated rings. The van der Waals surface area contributed by atoms with E-state index in [9.17, 15) is 24.3 Å². The minimum absolute atomic E-state index is 0.00497. The van der Waals surface area contributed by atoms with Crippen LogP contribution in [0.5, 0.6) is 0 Å². The fraction of sp³-hybridized carbons (Fsp3) is 0.483. The van der Waals surface area contributed by atoms with Crippen LogP contribution in [0.4, 0.5) is 0 Å². The zero-order valence-electron chi connectivity index (χ0n) is 23.9. The molecule has 3 rings (SSSR count). The second kappa shape index (κ2) is 14.4. The van der Waals surface area contributed by atoms with Crippen LogP contribution >= 0.6 is 0 Å². The Morgan fingerprint density at radius 3 is 2.22 bits per heavy atom. The first kappa shape index (κ1) is 31.3. The Morgan fingerprint density at radius 2 is 1.59 bits per heavy atom. The third-order valence-corrected chi connectivity index (χ3v) is 7.68. The van der Waals surface area contributed by atoms with Gasteiger partial charge in [-0.05, 0) is 23.5 Å². The molecule has 8 N–H and O–H groups in total. The first-order valence-electron chi connectivity index (χ1n) is 14.0. The molecule has 0 spiro atoms. The quantitative estimate of drug-likeness (QED) is 0.145. The van der Waals surface area contributed by atoms with E-state index in [1.54, 1.807) is 13.1 Å². The number of hydrogen-bond acceptors (Lipinski definition) is 6. The first-order chi connectivity index (χ1) is 19.5. The second-order valence-corrected chi connectivity index (χ2v) is 10.6. The Labute approximate surface area is 239 Å². The normalized spacial score (nSPS) is 15.7. The van der Waals surface area contributed by atoms with Gasteiger partial charge in [-0.1, -0.05) is 58.7 Å². The lowest BCUT2D eigenvalue weighted by Crippen LogP contribution is -2.59. The molecule has 0 aliphatic carbocycles. The van der Waals surface area contributed by atoms with E-state index in [1.165, 1.54) is 12.5 Å². The van der Waals surface area contributed by atoms with Crippen molar-refractivity contribution in [1.82, 2.24) is 30.9 Å². The van der Waals surface area contributed by atoms with Crippen LogP contribution in [-0.2, 0) is 32.0 Å². The molecular weight excluding hydrogens is 526 g/mol. The summed E-state index contributed by atoms with van der Waals surface area (Å²) in [5.41, 5.74) is 8.41. The highest BCUT2D eigenvalue weighted by molar-refractivity contribution is 5.95. The number of carboxylic acids is 1. The van der Waals surface area contributed by atoms with E-state index < -0.39 is 47.9 Å². The summed E-state index contributed by atoms with van der Waals surface area (Å²) < 4.78 is 0. The molecule has 12 nitrogen and oxygen atoms in total. The number of nitrogens with two attached hydrogens (primary N) is 1. The SMILES string of the molecule is CCC(C)C(N)C(=O)NC(Cc1c[nH]c2ccccc12)C(=O)NC(C(=O)NC(Cc1cnc[nH]1)C(=O)O)C(C)CC. The minimum Gasteiger partial charge on any atom is -0.480 e. The van der Waals surface area contributed by atoms with Gasteiger partial charge < -0.3 is 36.8 Å². The number of rotatable bonds is 15. The second-order valence-electron chi connectivity index (χ2n) is 10.6. The molecular formula is C29H41N7O5. The van der Waals surface area contributed by atoms with E-state index in [4.69, 9.17) is 5.73 Å². The highest BCUT2D eigenvalue weighted by atomic mass is 16.4. The van der Waals surface area contributed by atoms with E-state index in [1.807, 2.05) is 45.0 Å². The molecule has 1 aromatic carbocycles. The minimum atomic E-state index is -1.23. The summed E-state index contributed by atoms with van der Waals surface area (Å²) in [4.78, 5) is 61.9. The van der Waals surface area contributed by atoms with Gasteiger partial charge in [0.2, 0.25) is 17.7 Å². The van der Waals surface area contributed by atoms with Crippen molar-refractivity contribution in [3.63, 3.8) is 0 Å². The molecule has 0 aliphatic heterocycles. The van der Waals surface area contributed by atoms with Gasteiger partial charge in [0.25, 0.3) is 0 Å². The summed E-state index contributed by atoms with van der Waals surface area (Å²) in [5, 5.41) is 18.8. The maximum Gasteiger partial charge on any atom is 0.326 e. The molecule has 0 aliphatic rings. The van der Waals surface area contributed by atoms with Crippen LogP contribution in [0, 0.1) is 11.8 Å². The number of carboxylic acid groups (broad SMARTS) is 1. The number of imidazole rings is 1. The summed E-state index contributed by atoms with van der Waals surface area (Å²) >= 11 is 0. The summed E-state index contributed by atoms with van der Waals surface area (Å²) in [6.45, 7) is 7.46. The van der Waals surface area contributed by atoms with Gasteiger partial charge in [-0.25, -0.2) is 9.78 Å². The number of nitrogens with one attached hydrogen (secondary N) is 5. The molecule has 2 heterocycles. The van der Waals surface area contributed by atoms with Crippen molar-refractivity contribution < 1.29 is 24.3 Å². The number of carbonyl (C=O) groups is 4. The van der Waals surface area contributed by atoms with Gasteiger partial charge in [0.05, 0.1) is 12.4 Å². The predicted octanol–water partition coefficient (Wildman–Crippen LogP) is 1.63. The third kappa shape index (κ3) is 8.16. The number of fused-ring (bicyclic) bond motifs is 1. The van der Waals surface area contributed by atoms with Gasteiger partial charge >= 0.3 is 5.97 Å². The van der Waals surface area contributed by atoms with Crippen LogP contribution in [0.15, 0.2) is 43.0 Å². The Bertz CT molecular complexity index is 1320. The lowest BCUT2D eigenvalue weighted by atomic mass is 9.96. The molecule has 41 heavy (non-hydrogen) atoms. The number of nitrogens with zero attached hydrogens (tertiary/aromatic N) is 1. The molecule has 0 radical (unpaired) electrons. The smallest absolute Gasteiger partial charge is 0.326 e. The maximum absolute atomic E-state index is 13.7. The molecule has 0 saturated carbocycles. The maximum atomic E-state index is 13.7. The lowest BCUT2D eigenvalue weighted by Gasteiger charge is -2.28. The molecule has 3 aromatic rings. The Hall–Kier alpha value is -4.19. The van der Waals surface area contributed by atoms with Crippen molar-refractivity contribution >= 4 is 34.6 Å². The summed E-state index contributed by atoms with van der Waals surface area (Å²) in [6.07, 6.45) is 6.07. The Kier molecular flexibility index (Phi) is 11.0. The highest BCUT2D eigenvalue weighted by Crippen LogP contribution is 2.20. The number of amides is 3. The average Bonchev–Trinajstić information content (AvgIpc) is 3.63. The Morgan fingerprint density at radius 1 is 0.902 bits per heavy atom. The number of aromatic amines is 2. The molecule has 0 saturated heterocycles. The molecule has 3 amide bonds. The highest BCUT2D eigenvalue weighted by Gasteiger charge is 2.33. The number of para-hydroxylation sites is 1. The van der Waals surface area contributed by atoms with Crippen LogP contribution < -0.4 is 21.7 Å². The molecule has 222 valence electrons. The number of hydrogen-bond donors (Lipinski definition) is 7. The summed E-state index contributed by atoms with van der Waals surface area (Å²) in [6, 6.07) is 3.50. The van der Waals surface area contributed by atoms with Gasteiger partial charge in [0.15, 0.2) is 0 Å². The van der Waals surface area contributed by atoms with E-state index in [0.717, 1.165) is 16.5 Å². The standard InChI is InChI=1S/C29H41N7O5/c1-5-16(3)24(30)27(38)34-22(11-18-13-32-21-10-8-7-9-20(18)21)26(37)36-25(17(4)6-2)28(39)35-23(29(40)41)12-19-14-31-15-33-19/h7-10,13-17,22-25,32H,5-6,11-12,30H2,1-4H3,(H,31,33)(H,34,38)(H,35,39)(H,36,37)(H,40,41). The van der Waals surface area contributed by atoms with Crippen molar-refractivity contribution in [1.29, 1.82) is 0 Å². The average molecular weight is 568 g/mol. The monoisotopic (exact) mass is 567 g/mol. The molecule has 12 heteroatoms. The van der Waals surface area contributed by atoms with Crippen molar-refractivity contribution in [2.75, 3.05) is 0 Å². The van der Waals surface area contributed by atoms with Gasteiger partial charge in [-0.3, -0.25) is 14.4 Å². The summed E-state index contributed by atoms with van der Waals surface area (Å²) in [5.74, 6) is -3.31. The van der Waals surface area contributed by atoms with Crippen LogP contribution in [0.1, 0.15) is 51.8 Å². The van der Waals surface area contributed by atoms with Crippen molar-refractivity contribution in [2.45, 2.75) is 77.5 Å². The van der Waals surface area contributed by atoms with Crippen molar-refractivity contribution in [2.24, 2.45) is 17.6 Å². The van der Waals surface area contributed by atoms with Crippen LogP contribution in [0.25, 0.3) is 10.9 Å². The number of carbonyl (C=O) groups excluding carboxylic acids is 3. The fourth-order valence-corrected chi connectivity index (χ4v) is 4.54. The molecule has 6 atom stereocenters. The zero-order valence-corrected chi connectivity index (χ0v) is 23.9. The number of H-pyrrole nitrogens is 2. The largest absolute Gasteiger partial charge is 0.480 e. The van der Waals surface area contributed by atoms with Crippen LogP contribution in [0.2, 0.25) is 0 Å². The fourth-order valence-electron chi connectivity index (χ4n) is 4.54. The molecule has 0 bridgehead atoms. The first-order valence-corrected chi connectivity index (χ1v) is 14.0. The van der Waals surface area contributed by atoms with Gasteiger partial charge in [-0.2, -0.15) is 0 Å². The van der Waals surface area contributed by atoms with E-state index in [0.29, 0.717) is 18.5 Å². The molecule has 6 unspecified atom stereocenters. The van der Waals surface area contributed by atoms with E-state index in [2.05, 4.69) is 30.9 Å². The number of aromatic nitrogens is 3. The van der Waals surface area contributed by atoms with E-state index in [-0.39, 0.29) is 24.7 Å². The Balaban J connectivity index is 1.84. The van der Waals surface area contributed by atoms with Crippen molar-refractivity contribution in [3.8, 4) is 0 Å². The predicted molar refractivity (Wildman–Crippen MR) is 155 cm³/mol.